The van der Waals surface area contributed by atoms with Gasteiger partial charge in [-0.3, -0.25) is 9.78 Å². The van der Waals surface area contributed by atoms with Gasteiger partial charge in [0.05, 0.1) is 0 Å². The van der Waals surface area contributed by atoms with Gasteiger partial charge in [-0.05, 0) is 0 Å². The van der Waals surface area contributed by atoms with Gasteiger partial charge in [0.2, 0.25) is 11.6 Å². The Morgan fingerprint density at radius 2 is 2.42 bits per heavy atom. The zero-order valence-corrected chi connectivity index (χ0v) is 5.65. The molecule has 12 heavy (non-hydrogen) atoms. The maximum Gasteiger partial charge on any atom is 0.292 e. The van der Waals surface area contributed by atoms with Gasteiger partial charge in [-0.25, -0.2) is 0 Å². The van der Waals surface area contributed by atoms with Gasteiger partial charge in [0.1, 0.15) is 6.33 Å². The third-order valence-corrected chi connectivity index (χ3v) is 1.37. The number of nitrogens with one attached hydrogen (secondary N) is 1. The fourth-order valence-corrected chi connectivity index (χ4v) is 0.833. The predicted molar refractivity (Wildman–Crippen MR) is 35.2 cm³/mol. The zero-order chi connectivity index (χ0) is 8.72. The summed E-state index contributed by atoms with van der Waals surface area (Å²) < 4.78 is 13.4. The molecule has 2 aromatic heterocycles. The number of rotatable bonds is 0. The maximum absolute atomic E-state index is 12.7. The molecule has 0 aromatic carbocycles. The van der Waals surface area contributed by atoms with E-state index in [1.165, 1.54) is 0 Å². The molecule has 0 saturated carbocycles. The minimum atomic E-state index is -1.27. The normalized spacial score (nSPS) is 10.8. The Kier molecular flexibility index (Phi) is 1.15. The summed E-state index contributed by atoms with van der Waals surface area (Å²) in [5.41, 5.74) is -1.02. The molecule has 0 saturated heterocycles. The highest BCUT2D eigenvalue weighted by molar-refractivity contribution is 5.29. The molecule has 7 heteroatoms. The summed E-state index contributed by atoms with van der Waals surface area (Å²) in [5.74, 6) is -2.11. The van der Waals surface area contributed by atoms with Crippen LogP contribution in [0.3, 0.4) is 0 Å². The van der Waals surface area contributed by atoms with Crippen LogP contribution in [0.15, 0.2) is 11.1 Å². The highest BCUT2D eigenvalue weighted by Gasteiger charge is 2.11. The second-order valence-electron chi connectivity index (χ2n) is 2.09. The Balaban J connectivity index is 3.04. The molecule has 0 amide bonds. The van der Waals surface area contributed by atoms with Crippen molar-refractivity contribution in [2.75, 3.05) is 0 Å². The van der Waals surface area contributed by atoms with Crippen LogP contribution in [0, 0.1) is 5.82 Å². The second kappa shape index (κ2) is 2.03. The average molecular weight is 170 g/mol. The summed E-state index contributed by atoms with van der Waals surface area (Å²) >= 11 is 0. The van der Waals surface area contributed by atoms with E-state index in [-0.39, 0.29) is 5.78 Å². The lowest BCUT2D eigenvalue weighted by atomic mass is 10.6. The molecule has 0 atom stereocenters. The summed E-state index contributed by atoms with van der Waals surface area (Å²) in [6.07, 6.45) is 1.09. The van der Waals surface area contributed by atoms with Crippen molar-refractivity contribution in [1.29, 1.82) is 0 Å². The van der Waals surface area contributed by atoms with Crippen LogP contribution >= 0.6 is 0 Å². The van der Waals surface area contributed by atoms with E-state index in [2.05, 4.69) is 15.1 Å². The van der Waals surface area contributed by atoms with E-state index < -0.39 is 17.3 Å². The minimum Gasteiger partial charge on any atom is -0.491 e. The van der Waals surface area contributed by atoms with Crippen LogP contribution in [0.1, 0.15) is 0 Å². The van der Waals surface area contributed by atoms with E-state index in [1.807, 2.05) is 0 Å². The molecule has 0 spiro atoms. The molecular weight excluding hydrogens is 167 g/mol. The lowest BCUT2D eigenvalue weighted by molar-refractivity contribution is 0.390. The molecule has 2 rings (SSSR count). The van der Waals surface area contributed by atoms with Gasteiger partial charge < -0.3 is 5.11 Å². The first kappa shape index (κ1) is 6.77. The summed E-state index contributed by atoms with van der Waals surface area (Å²) in [7, 11) is 0. The Labute approximate surface area is 64.3 Å². The van der Waals surface area contributed by atoms with Gasteiger partial charge in [0.25, 0.3) is 11.4 Å². The van der Waals surface area contributed by atoms with Crippen molar-refractivity contribution in [1.82, 2.24) is 19.6 Å². The second-order valence-corrected chi connectivity index (χ2v) is 2.09. The van der Waals surface area contributed by atoms with Crippen molar-refractivity contribution >= 4 is 5.78 Å². The van der Waals surface area contributed by atoms with Crippen LogP contribution in [0.2, 0.25) is 0 Å². The first-order valence-corrected chi connectivity index (χ1v) is 3.00. The summed E-state index contributed by atoms with van der Waals surface area (Å²) in [4.78, 5) is 16.3. The molecule has 62 valence electrons. The van der Waals surface area contributed by atoms with Crippen LogP contribution < -0.4 is 5.56 Å². The largest absolute Gasteiger partial charge is 0.491 e. The third-order valence-electron chi connectivity index (χ3n) is 1.37. The first-order valence-electron chi connectivity index (χ1n) is 3.00. The number of nitrogens with zero attached hydrogens (tertiary/aromatic N) is 3. The zero-order valence-electron chi connectivity index (χ0n) is 5.65. The van der Waals surface area contributed by atoms with Crippen molar-refractivity contribution in [2.45, 2.75) is 0 Å². The number of aromatic amines is 1. The maximum atomic E-state index is 12.7. The molecule has 0 aliphatic rings. The molecule has 2 N–H and O–H groups in total. The van der Waals surface area contributed by atoms with E-state index in [4.69, 9.17) is 5.11 Å². The van der Waals surface area contributed by atoms with E-state index in [9.17, 15) is 9.18 Å². The van der Waals surface area contributed by atoms with Gasteiger partial charge in [-0.2, -0.15) is 19.0 Å². The molecule has 0 aliphatic carbocycles. The number of halogens is 1. The number of H-pyrrole nitrogens is 1. The number of hydrogen-bond donors (Lipinski definition) is 2. The van der Waals surface area contributed by atoms with Crippen molar-refractivity contribution in [3.8, 4) is 5.88 Å². The Hall–Kier alpha value is -1.92. The average Bonchev–Trinajstić information content (AvgIpc) is 2.48. The predicted octanol–water partition coefficient (Wildman–Crippen LogP) is -0.738. The van der Waals surface area contributed by atoms with Crippen molar-refractivity contribution in [3.63, 3.8) is 0 Å². The highest BCUT2D eigenvalue weighted by atomic mass is 19.1. The molecule has 0 radical (unpaired) electrons. The summed E-state index contributed by atoms with van der Waals surface area (Å²) in [6, 6.07) is 0. The quantitative estimate of drug-likeness (QED) is 0.545. The molecule has 6 nitrogen and oxygen atoms in total. The molecule has 2 aromatic rings. The van der Waals surface area contributed by atoms with Crippen molar-refractivity contribution < 1.29 is 9.50 Å². The van der Waals surface area contributed by atoms with E-state index in [0.717, 1.165) is 10.8 Å². The monoisotopic (exact) mass is 170 g/mol. The smallest absolute Gasteiger partial charge is 0.292 e. The number of aromatic nitrogens is 4. The third kappa shape index (κ3) is 0.698. The Bertz CT molecular complexity index is 488. The fourth-order valence-electron chi connectivity index (χ4n) is 0.833. The van der Waals surface area contributed by atoms with E-state index in [0.29, 0.717) is 0 Å². The summed E-state index contributed by atoms with van der Waals surface area (Å²) in [6.45, 7) is 0. The van der Waals surface area contributed by atoms with Crippen LogP contribution in [0.4, 0.5) is 4.39 Å². The molecule has 0 bridgehead atoms. The highest BCUT2D eigenvalue weighted by Crippen LogP contribution is 2.08. The standard InChI is InChI=1S/C5H3FN4O2/c6-2-3(11)9-5-7-1-8-10(5)4(2)12/h1,12H,(H,7,8,9,11). The van der Waals surface area contributed by atoms with Crippen LogP contribution in [-0.4, -0.2) is 24.7 Å². The Morgan fingerprint density at radius 1 is 1.67 bits per heavy atom. The molecular formula is C5H3FN4O2. The van der Waals surface area contributed by atoms with E-state index in [1.54, 1.807) is 0 Å². The first-order chi connectivity index (χ1) is 5.70. The number of aromatic hydroxyl groups is 1. The molecule has 0 fully saturated rings. The molecule has 2 heterocycles. The number of fused-ring (bicyclic) bond motifs is 1. The summed E-state index contributed by atoms with van der Waals surface area (Å²) in [5, 5.41) is 12.5. The Morgan fingerprint density at radius 3 is 3.17 bits per heavy atom. The van der Waals surface area contributed by atoms with Gasteiger partial charge in [0, 0.05) is 0 Å². The topological polar surface area (TPSA) is 83.3 Å². The van der Waals surface area contributed by atoms with Gasteiger partial charge in [0.15, 0.2) is 0 Å². The van der Waals surface area contributed by atoms with Gasteiger partial charge >= 0.3 is 0 Å². The SMILES string of the molecule is O=c1[nH]c2ncnn2c(O)c1F. The van der Waals surface area contributed by atoms with Crippen molar-refractivity contribution in [2.24, 2.45) is 0 Å². The van der Waals surface area contributed by atoms with Gasteiger partial charge in [-0.15, -0.1) is 0 Å². The lowest BCUT2D eigenvalue weighted by Gasteiger charge is -1.95. The van der Waals surface area contributed by atoms with Crippen LogP contribution in [0.25, 0.3) is 5.78 Å². The van der Waals surface area contributed by atoms with Crippen LogP contribution in [-0.2, 0) is 0 Å². The van der Waals surface area contributed by atoms with E-state index >= 15 is 0 Å². The molecule has 0 unspecified atom stereocenters. The number of hydrogen-bond acceptors (Lipinski definition) is 4. The lowest BCUT2D eigenvalue weighted by Crippen LogP contribution is -2.13. The van der Waals surface area contributed by atoms with Crippen molar-refractivity contribution in [3.05, 3.63) is 22.5 Å². The molecule has 0 aliphatic heterocycles. The van der Waals surface area contributed by atoms with Crippen LogP contribution in [0.5, 0.6) is 5.88 Å². The minimum absolute atomic E-state index is 0.00102. The fraction of sp³-hybridized carbons (Fsp3) is 0. The van der Waals surface area contributed by atoms with Gasteiger partial charge in [-0.1, -0.05) is 0 Å².